The highest BCUT2D eigenvalue weighted by Crippen LogP contribution is 2.33. The predicted octanol–water partition coefficient (Wildman–Crippen LogP) is 3.73. The molecule has 11 heteroatoms. The van der Waals surface area contributed by atoms with Gasteiger partial charge in [0.2, 0.25) is 6.41 Å². The molecule has 1 aromatic rings. The molecule has 0 aliphatic carbocycles. The number of hydrogen-bond acceptors (Lipinski definition) is 6. The van der Waals surface area contributed by atoms with Gasteiger partial charge in [-0.15, -0.1) is 0 Å². The predicted molar refractivity (Wildman–Crippen MR) is 155 cm³/mol. The van der Waals surface area contributed by atoms with Gasteiger partial charge in [0.15, 0.2) is 0 Å². The van der Waals surface area contributed by atoms with E-state index in [1.807, 2.05) is 0 Å². The number of hydrogen-bond donors (Lipinski definition) is 4. The fourth-order valence-corrected chi connectivity index (χ4v) is 4.83. The van der Waals surface area contributed by atoms with Crippen LogP contribution in [-0.4, -0.2) is 68.4 Å². The molecule has 0 spiro atoms. The van der Waals surface area contributed by atoms with Crippen molar-refractivity contribution >= 4 is 30.9 Å². The second-order valence-corrected chi connectivity index (χ2v) is 11.6. The van der Waals surface area contributed by atoms with Gasteiger partial charge in [0.1, 0.15) is 5.84 Å². The summed E-state index contributed by atoms with van der Waals surface area (Å²) in [5.74, 6) is 0.190. The molecule has 0 unspecified atom stereocenters. The van der Waals surface area contributed by atoms with Crippen LogP contribution in [-0.2, 0) is 20.6 Å². The van der Waals surface area contributed by atoms with Crippen LogP contribution >= 0.6 is 0 Å². The minimum atomic E-state index is -2.76. The molecule has 2 heterocycles. The number of carbonyl (C=O) groups is 1. The molecule has 1 aromatic carbocycles. The number of allylic oxidation sites excluding steroid dienone is 1. The lowest BCUT2D eigenvalue weighted by molar-refractivity contribution is -0.109. The zero-order chi connectivity index (χ0) is 29.5. The SMILES string of the molecule is CCC/C(NC1CCOCC1)=C(\CNC=O)C(=N)N1CCCc2cc([B]OC(C)(C)C(C)(C)O)c(C(F)F)cc21. The van der Waals surface area contributed by atoms with Crippen LogP contribution in [0.5, 0.6) is 0 Å². The molecule has 4 N–H and O–H groups in total. The first-order valence-electron chi connectivity index (χ1n) is 14.2. The lowest BCUT2D eigenvalue weighted by Gasteiger charge is -2.38. The molecule has 40 heavy (non-hydrogen) atoms. The van der Waals surface area contributed by atoms with Gasteiger partial charge in [-0.2, -0.15) is 0 Å². The summed E-state index contributed by atoms with van der Waals surface area (Å²) in [6.07, 6.45) is 2.50. The number of nitrogens with one attached hydrogen (secondary N) is 3. The average molecular weight is 562 g/mol. The monoisotopic (exact) mass is 561 g/mol. The summed E-state index contributed by atoms with van der Waals surface area (Å²) in [6.45, 7) is 10.7. The lowest BCUT2D eigenvalue weighted by atomic mass is 9.78. The van der Waals surface area contributed by atoms with Crippen LogP contribution in [0.4, 0.5) is 14.5 Å². The van der Waals surface area contributed by atoms with Crippen LogP contribution in [0.25, 0.3) is 0 Å². The highest BCUT2D eigenvalue weighted by atomic mass is 19.3. The van der Waals surface area contributed by atoms with Gasteiger partial charge in [-0.05, 0) is 76.9 Å². The van der Waals surface area contributed by atoms with Gasteiger partial charge in [0, 0.05) is 54.9 Å². The molecule has 0 atom stereocenters. The molecular formula is C29H44BF2N4O4. The number of fused-ring (bicyclic) bond motifs is 1. The van der Waals surface area contributed by atoms with E-state index in [9.17, 15) is 24.1 Å². The Hall–Kier alpha value is -2.50. The van der Waals surface area contributed by atoms with Gasteiger partial charge >= 0.3 is 7.48 Å². The summed E-state index contributed by atoms with van der Waals surface area (Å²) in [6, 6.07) is 3.37. The standard InChI is InChI=1S/C29H44BF2N4O4/c1-6-8-24(35-20-10-13-39-14-11-20)22(17-34-18-37)27(33)36-12-7-9-19-15-23(21(26(31)32)16-25(19)36)30-40-29(4,5)28(2,3)38/h15-16,18,20,26,33,35,38H,6-14,17H2,1-5H3,(H,34,37)/b24-22-,33-27?. The number of alkyl halides is 2. The molecule has 0 bridgehead atoms. The Kier molecular flexibility index (Phi) is 11.1. The summed E-state index contributed by atoms with van der Waals surface area (Å²) in [7, 11) is 1.31. The first-order valence-corrected chi connectivity index (χ1v) is 14.2. The molecule has 2 aliphatic rings. The number of benzene rings is 1. The van der Waals surface area contributed by atoms with E-state index in [4.69, 9.17) is 9.39 Å². The number of carbonyl (C=O) groups excluding carboxylic acids is 1. The molecule has 1 saturated heterocycles. The molecular weight excluding hydrogens is 517 g/mol. The van der Waals surface area contributed by atoms with Gasteiger partial charge in [0.05, 0.1) is 11.2 Å². The highest BCUT2D eigenvalue weighted by Gasteiger charge is 2.36. The number of amidine groups is 1. The van der Waals surface area contributed by atoms with E-state index in [-0.39, 0.29) is 29.4 Å². The Morgan fingerprint density at radius 3 is 2.60 bits per heavy atom. The third-order valence-electron chi connectivity index (χ3n) is 7.97. The smallest absolute Gasteiger partial charge is 0.331 e. The van der Waals surface area contributed by atoms with Crippen LogP contribution in [0.1, 0.15) is 84.3 Å². The van der Waals surface area contributed by atoms with Crippen molar-refractivity contribution < 1.29 is 28.1 Å². The maximum Gasteiger partial charge on any atom is 0.331 e. The van der Waals surface area contributed by atoms with E-state index in [0.29, 0.717) is 50.3 Å². The van der Waals surface area contributed by atoms with Gasteiger partial charge in [-0.3, -0.25) is 10.2 Å². The normalized spacial score (nSPS) is 17.3. The van der Waals surface area contributed by atoms with Crippen molar-refractivity contribution in [2.45, 2.75) is 96.8 Å². The first kappa shape index (κ1) is 32.0. The van der Waals surface area contributed by atoms with E-state index in [2.05, 4.69) is 17.6 Å². The summed E-state index contributed by atoms with van der Waals surface area (Å²) < 4.78 is 39.9. The van der Waals surface area contributed by atoms with Crippen LogP contribution in [0, 0.1) is 5.41 Å². The summed E-state index contributed by atoms with van der Waals surface area (Å²) in [5.41, 5.74) is 0.807. The van der Waals surface area contributed by atoms with Crippen molar-refractivity contribution in [1.82, 2.24) is 10.6 Å². The molecule has 1 amide bonds. The van der Waals surface area contributed by atoms with E-state index in [1.54, 1.807) is 38.7 Å². The Morgan fingerprint density at radius 1 is 1.30 bits per heavy atom. The molecule has 3 rings (SSSR count). The second kappa shape index (κ2) is 13.9. The van der Waals surface area contributed by atoms with Gasteiger partial charge in [-0.25, -0.2) is 8.78 Å². The molecule has 8 nitrogen and oxygen atoms in total. The first-order chi connectivity index (χ1) is 18.9. The van der Waals surface area contributed by atoms with Crippen molar-refractivity contribution in [3.05, 3.63) is 34.5 Å². The molecule has 0 aromatic heterocycles. The molecule has 1 radical (unpaired) electrons. The molecule has 2 aliphatic heterocycles. The number of aryl methyl sites for hydroxylation is 1. The number of halogens is 2. The fraction of sp³-hybridized carbons (Fsp3) is 0.655. The van der Waals surface area contributed by atoms with E-state index in [1.165, 1.54) is 13.5 Å². The zero-order valence-corrected chi connectivity index (χ0v) is 24.4. The van der Waals surface area contributed by atoms with Crippen molar-refractivity contribution in [2.75, 3.05) is 31.2 Å². The number of nitrogens with zero attached hydrogens (tertiary/aromatic N) is 1. The zero-order valence-electron chi connectivity index (χ0n) is 24.4. The Morgan fingerprint density at radius 2 is 2.00 bits per heavy atom. The van der Waals surface area contributed by atoms with Crippen molar-refractivity contribution in [3.63, 3.8) is 0 Å². The van der Waals surface area contributed by atoms with Crippen LogP contribution in [0.15, 0.2) is 23.4 Å². The maximum atomic E-state index is 14.3. The third-order valence-corrected chi connectivity index (χ3v) is 7.97. The van der Waals surface area contributed by atoms with Crippen molar-refractivity contribution in [2.24, 2.45) is 0 Å². The number of rotatable bonds is 13. The highest BCUT2D eigenvalue weighted by molar-refractivity contribution is 6.48. The summed E-state index contributed by atoms with van der Waals surface area (Å²) in [4.78, 5) is 13.0. The largest absolute Gasteiger partial charge is 0.427 e. The van der Waals surface area contributed by atoms with Crippen LogP contribution < -0.4 is 21.0 Å². The Bertz CT molecular complexity index is 1070. The average Bonchev–Trinajstić information content (AvgIpc) is 2.91. The van der Waals surface area contributed by atoms with E-state index < -0.39 is 17.6 Å². The number of amides is 1. The molecule has 0 saturated carbocycles. The fourth-order valence-electron chi connectivity index (χ4n) is 4.83. The summed E-state index contributed by atoms with van der Waals surface area (Å²) >= 11 is 0. The van der Waals surface area contributed by atoms with Gasteiger partial charge < -0.3 is 30.0 Å². The van der Waals surface area contributed by atoms with E-state index >= 15 is 0 Å². The number of ether oxygens (including phenoxy) is 1. The van der Waals surface area contributed by atoms with Crippen molar-refractivity contribution in [3.8, 4) is 0 Å². The minimum absolute atomic E-state index is 0.160. The lowest BCUT2D eigenvalue weighted by Crippen LogP contribution is -2.49. The quantitative estimate of drug-likeness (QED) is 0.127. The van der Waals surface area contributed by atoms with E-state index in [0.717, 1.165) is 36.9 Å². The van der Waals surface area contributed by atoms with Gasteiger partial charge in [-0.1, -0.05) is 19.4 Å². The van der Waals surface area contributed by atoms with Crippen molar-refractivity contribution in [1.29, 1.82) is 5.41 Å². The third kappa shape index (κ3) is 7.82. The number of anilines is 1. The maximum absolute atomic E-state index is 14.3. The van der Waals surface area contributed by atoms with Crippen LogP contribution in [0.3, 0.4) is 0 Å². The minimum Gasteiger partial charge on any atom is -0.427 e. The van der Waals surface area contributed by atoms with Crippen LogP contribution in [0.2, 0.25) is 0 Å². The molecule has 1 fully saturated rings. The number of aliphatic hydroxyl groups is 1. The Balaban J connectivity index is 1.98. The van der Waals surface area contributed by atoms with Gasteiger partial charge in [0.25, 0.3) is 6.43 Å². The summed E-state index contributed by atoms with van der Waals surface area (Å²) in [5, 5.41) is 26.0. The molecule has 221 valence electrons. The Labute approximate surface area is 237 Å². The topological polar surface area (TPSA) is 107 Å². The second-order valence-electron chi connectivity index (χ2n) is 11.6.